The summed E-state index contributed by atoms with van der Waals surface area (Å²) in [6.07, 6.45) is 0.397. The van der Waals surface area contributed by atoms with E-state index < -0.39 is 23.6 Å². The Balaban J connectivity index is 2.27. The standard InChI is InChI=1S/C14H17F4N/c15-12-7-6-10(14(16,17)18)8-11(12)13(19)9-4-2-1-3-5-9/h6-9,13H,1-5,19H2/t13-/m0/s1. The maximum Gasteiger partial charge on any atom is 0.416 e. The van der Waals surface area contributed by atoms with Crippen LogP contribution in [0, 0.1) is 11.7 Å². The van der Waals surface area contributed by atoms with Gasteiger partial charge in [-0.05, 0) is 37.0 Å². The molecule has 1 aromatic rings. The molecule has 0 unspecified atom stereocenters. The Labute approximate surface area is 109 Å². The highest BCUT2D eigenvalue weighted by atomic mass is 19.4. The largest absolute Gasteiger partial charge is 0.416 e. The topological polar surface area (TPSA) is 26.0 Å². The van der Waals surface area contributed by atoms with Crippen LogP contribution in [0.2, 0.25) is 0 Å². The number of rotatable bonds is 2. The van der Waals surface area contributed by atoms with Gasteiger partial charge in [0, 0.05) is 11.6 Å². The van der Waals surface area contributed by atoms with E-state index in [1.54, 1.807) is 0 Å². The van der Waals surface area contributed by atoms with Crippen LogP contribution in [0.4, 0.5) is 17.6 Å². The second-order valence-corrected chi connectivity index (χ2v) is 5.16. The van der Waals surface area contributed by atoms with E-state index in [0.29, 0.717) is 0 Å². The first kappa shape index (κ1) is 14.3. The normalized spacial score (nSPS) is 19.4. The summed E-state index contributed by atoms with van der Waals surface area (Å²) in [7, 11) is 0. The van der Waals surface area contributed by atoms with Crippen molar-refractivity contribution in [3.63, 3.8) is 0 Å². The van der Waals surface area contributed by atoms with Crippen molar-refractivity contribution in [2.75, 3.05) is 0 Å². The van der Waals surface area contributed by atoms with Gasteiger partial charge in [0.2, 0.25) is 0 Å². The van der Waals surface area contributed by atoms with Gasteiger partial charge in [-0.1, -0.05) is 19.3 Å². The maximum absolute atomic E-state index is 13.7. The van der Waals surface area contributed by atoms with Crippen molar-refractivity contribution in [2.45, 2.75) is 44.3 Å². The Morgan fingerprint density at radius 2 is 1.74 bits per heavy atom. The zero-order valence-electron chi connectivity index (χ0n) is 10.5. The average molecular weight is 275 g/mol. The summed E-state index contributed by atoms with van der Waals surface area (Å²) in [6.45, 7) is 0. The third-order valence-electron chi connectivity index (χ3n) is 3.84. The molecule has 5 heteroatoms. The highest BCUT2D eigenvalue weighted by Crippen LogP contribution is 2.36. The maximum atomic E-state index is 13.7. The third kappa shape index (κ3) is 3.26. The second-order valence-electron chi connectivity index (χ2n) is 5.16. The second kappa shape index (κ2) is 5.49. The summed E-state index contributed by atoms with van der Waals surface area (Å²) in [4.78, 5) is 0. The number of nitrogens with two attached hydrogens (primary N) is 1. The Morgan fingerprint density at radius 1 is 1.11 bits per heavy atom. The minimum absolute atomic E-state index is 0.0123. The van der Waals surface area contributed by atoms with Crippen LogP contribution in [0.25, 0.3) is 0 Å². The van der Waals surface area contributed by atoms with Crippen LogP contribution in [-0.4, -0.2) is 0 Å². The van der Waals surface area contributed by atoms with Crippen molar-refractivity contribution >= 4 is 0 Å². The summed E-state index contributed by atoms with van der Waals surface area (Å²) < 4.78 is 51.6. The van der Waals surface area contributed by atoms with Gasteiger partial charge < -0.3 is 5.73 Å². The van der Waals surface area contributed by atoms with Crippen LogP contribution in [0.15, 0.2) is 18.2 Å². The summed E-state index contributed by atoms with van der Waals surface area (Å²) in [6, 6.07) is 1.82. The van der Waals surface area contributed by atoms with Crippen molar-refractivity contribution < 1.29 is 17.6 Å². The van der Waals surface area contributed by atoms with Crippen LogP contribution in [0.5, 0.6) is 0 Å². The lowest BCUT2D eigenvalue weighted by Gasteiger charge is -2.28. The summed E-state index contributed by atoms with van der Waals surface area (Å²) in [5.74, 6) is -0.571. The monoisotopic (exact) mass is 275 g/mol. The van der Waals surface area contributed by atoms with Gasteiger partial charge >= 0.3 is 6.18 Å². The zero-order valence-corrected chi connectivity index (χ0v) is 10.5. The van der Waals surface area contributed by atoms with Crippen molar-refractivity contribution in [3.05, 3.63) is 35.1 Å². The van der Waals surface area contributed by atoms with Gasteiger partial charge in [-0.3, -0.25) is 0 Å². The molecule has 0 heterocycles. The highest BCUT2D eigenvalue weighted by molar-refractivity contribution is 5.29. The fraction of sp³-hybridized carbons (Fsp3) is 0.571. The number of hydrogen-bond acceptors (Lipinski definition) is 1. The number of alkyl halides is 3. The fourth-order valence-corrected chi connectivity index (χ4v) is 2.72. The van der Waals surface area contributed by atoms with Gasteiger partial charge in [-0.15, -0.1) is 0 Å². The molecule has 0 radical (unpaired) electrons. The van der Waals surface area contributed by atoms with E-state index in [0.717, 1.165) is 50.3 Å². The molecule has 1 aliphatic rings. The minimum atomic E-state index is -4.46. The van der Waals surface area contributed by atoms with E-state index in [2.05, 4.69) is 0 Å². The molecule has 0 aromatic heterocycles. The van der Waals surface area contributed by atoms with E-state index >= 15 is 0 Å². The molecule has 0 amide bonds. The lowest BCUT2D eigenvalue weighted by molar-refractivity contribution is -0.137. The molecule has 0 spiro atoms. The molecule has 1 saturated carbocycles. The van der Waals surface area contributed by atoms with Crippen LogP contribution >= 0.6 is 0 Å². The third-order valence-corrected chi connectivity index (χ3v) is 3.84. The SMILES string of the molecule is N[C@H](c1cc(C(F)(F)F)ccc1F)C1CCCCC1. The van der Waals surface area contributed by atoms with Gasteiger partial charge in [-0.2, -0.15) is 13.2 Å². The molecule has 1 fully saturated rings. The molecule has 19 heavy (non-hydrogen) atoms. The van der Waals surface area contributed by atoms with Crippen molar-refractivity contribution in [1.29, 1.82) is 0 Å². The minimum Gasteiger partial charge on any atom is -0.324 e. The molecule has 0 saturated heterocycles. The quantitative estimate of drug-likeness (QED) is 0.794. The van der Waals surface area contributed by atoms with Crippen LogP contribution in [-0.2, 0) is 6.18 Å². The molecule has 0 bridgehead atoms. The predicted octanol–water partition coefficient (Wildman–Crippen LogP) is 4.42. The zero-order chi connectivity index (χ0) is 14.0. The number of benzene rings is 1. The van der Waals surface area contributed by atoms with E-state index in [1.807, 2.05) is 0 Å². The van der Waals surface area contributed by atoms with Gasteiger partial charge in [-0.25, -0.2) is 4.39 Å². The molecule has 0 aliphatic heterocycles. The Kier molecular flexibility index (Phi) is 4.13. The predicted molar refractivity (Wildman–Crippen MR) is 64.9 cm³/mol. The summed E-state index contributed by atoms with van der Waals surface area (Å²) in [5.41, 5.74) is 5.13. The first-order valence-corrected chi connectivity index (χ1v) is 6.52. The lowest BCUT2D eigenvalue weighted by atomic mass is 9.81. The molecule has 1 nitrogen and oxygen atoms in total. The van der Waals surface area contributed by atoms with Crippen LogP contribution < -0.4 is 5.73 Å². The lowest BCUT2D eigenvalue weighted by Crippen LogP contribution is -2.25. The summed E-state index contributed by atoms with van der Waals surface area (Å²) in [5, 5.41) is 0. The number of hydrogen-bond donors (Lipinski definition) is 1. The molecule has 2 rings (SSSR count). The Morgan fingerprint density at radius 3 is 2.32 bits per heavy atom. The van der Waals surface area contributed by atoms with Gasteiger partial charge in [0.15, 0.2) is 0 Å². The molecule has 106 valence electrons. The molecule has 1 aromatic carbocycles. The Hall–Kier alpha value is -1.10. The molecule has 2 N–H and O–H groups in total. The van der Waals surface area contributed by atoms with Crippen LogP contribution in [0.1, 0.15) is 49.3 Å². The smallest absolute Gasteiger partial charge is 0.324 e. The molecule has 1 aliphatic carbocycles. The molecular weight excluding hydrogens is 258 g/mol. The van der Waals surface area contributed by atoms with Gasteiger partial charge in [0.05, 0.1) is 5.56 Å². The van der Waals surface area contributed by atoms with Crippen LogP contribution in [0.3, 0.4) is 0 Å². The van der Waals surface area contributed by atoms with E-state index in [-0.39, 0.29) is 11.5 Å². The van der Waals surface area contributed by atoms with E-state index in [9.17, 15) is 17.6 Å². The van der Waals surface area contributed by atoms with Crippen molar-refractivity contribution in [1.82, 2.24) is 0 Å². The first-order valence-electron chi connectivity index (χ1n) is 6.52. The highest BCUT2D eigenvalue weighted by Gasteiger charge is 2.32. The first-order chi connectivity index (χ1) is 8.89. The Bertz CT molecular complexity index is 436. The molecule has 1 atom stereocenters. The van der Waals surface area contributed by atoms with Crippen molar-refractivity contribution in [2.24, 2.45) is 11.7 Å². The fourth-order valence-electron chi connectivity index (χ4n) is 2.72. The van der Waals surface area contributed by atoms with E-state index in [4.69, 9.17) is 5.73 Å². The average Bonchev–Trinajstić information content (AvgIpc) is 2.38. The van der Waals surface area contributed by atoms with Gasteiger partial charge in [0.1, 0.15) is 5.82 Å². The van der Waals surface area contributed by atoms with E-state index in [1.165, 1.54) is 0 Å². The molecular formula is C14H17F4N. The summed E-state index contributed by atoms with van der Waals surface area (Å²) >= 11 is 0. The number of halogens is 4. The van der Waals surface area contributed by atoms with Gasteiger partial charge in [0.25, 0.3) is 0 Å². The van der Waals surface area contributed by atoms with Crippen molar-refractivity contribution in [3.8, 4) is 0 Å².